The number of nitrogens with one attached hydrogen (secondary N) is 1. The van der Waals surface area contributed by atoms with Crippen molar-refractivity contribution in [2.24, 2.45) is 5.92 Å². The largest absolute Gasteiger partial charge is 0.309 e. The summed E-state index contributed by atoms with van der Waals surface area (Å²) in [6.07, 6.45) is 7.17. The fraction of sp³-hybridized carbons (Fsp3) is 0.348. The summed E-state index contributed by atoms with van der Waals surface area (Å²) in [5, 5.41) is 7.30. The number of amides is 1. The Morgan fingerprint density at radius 1 is 1.06 bits per heavy atom. The van der Waals surface area contributed by atoms with Crippen LogP contribution in [0.5, 0.6) is 0 Å². The van der Waals surface area contributed by atoms with Gasteiger partial charge in [-0.2, -0.15) is 9.40 Å². The van der Waals surface area contributed by atoms with Crippen molar-refractivity contribution in [1.82, 2.24) is 19.1 Å². The molecule has 0 unspecified atom stereocenters. The van der Waals surface area contributed by atoms with E-state index in [0.29, 0.717) is 43.2 Å². The molecule has 9 heteroatoms. The van der Waals surface area contributed by atoms with Gasteiger partial charge in [0, 0.05) is 50.2 Å². The highest BCUT2D eigenvalue weighted by molar-refractivity contribution is 7.89. The SMILES string of the molecule is Cc1ccc(S(=O)(=O)N2CCC(C(=O)Nc3ccn(CCc4ccncc4)n3)CC2)cc1. The Kier molecular flexibility index (Phi) is 6.66. The summed E-state index contributed by atoms with van der Waals surface area (Å²) < 4.78 is 28.9. The molecular formula is C23H27N5O3S. The predicted octanol–water partition coefficient (Wildman–Crippen LogP) is 2.87. The Bertz CT molecular complexity index is 1150. The predicted molar refractivity (Wildman–Crippen MR) is 121 cm³/mol. The van der Waals surface area contributed by atoms with E-state index in [4.69, 9.17) is 0 Å². The summed E-state index contributed by atoms with van der Waals surface area (Å²) in [5.41, 5.74) is 2.19. The van der Waals surface area contributed by atoms with Gasteiger partial charge in [-0.1, -0.05) is 17.7 Å². The number of nitrogens with zero attached hydrogens (tertiary/aromatic N) is 4. The van der Waals surface area contributed by atoms with Gasteiger partial charge in [0.2, 0.25) is 15.9 Å². The van der Waals surface area contributed by atoms with E-state index in [2.05, 4.69) is 15.4 Å². The van der Waals surface area contributed by atoms with Crippen molar-refractivity contribution >= 4 is 21.7 Å². The molecule has 0 saturated carbocycles. The molecule has 1 aliphatic rings. The zero-order valence-electron chi connectivity index (χ0n) is 18.0. The Labute approximate surface area is 188 Å². The monoisotopic (exact) mass is 453 g/mol. The Balaban J connectivity index is 1.28. The van der Waals surface area contributed by atoms with Crippen LogP contribution in [0.15, 0.2) is 66.0 Å². The lowest BCUT2D eigenvalue weighted by molar-refractivity contribution is -0.120. The molecule has 168 valence electrons. The normalized spacial score (nSPS) is 15.5. The number of carbonyl (C=O) groups excluding carboxylic acids is 1. The number of sulfonamides is 1. The van der Waals surface area contributed by atoms with Gasteiger partial charge in [-0.05, 0) is 56.0 Å². The average molecular weight is 454 g/mol. The second-order valence-electron chi connectivity index (χ2n) is 8.05. The lowest BCUT2D eigenvalue weighted by atomic mass is 9.97. The van der Waals surface area contributed by atoms with Crippen LogP contribution in [0.3, 0.4) is 0 Å². The summed E-state index contributed by atoms with van der Waals surface area (Å²) in [5.74, 6) is 0.164. The van der Waals surface area contributed by atoms with E-state index >= 15 is 0 Å². The second-order valence-corrected chi connectivity index (χ2v) is 9.99. The van der Waals surface area contributed by atoms with E-state index in [-0.39, 0.29) is 11.8 Å². The highest BCUT2D eigenvalue weighted by Gasteiger charge is 2.32. The van der Waals surface area contributed by atoms with Crippen molar-refractivity contribution in [3.05, 3.63) is 72.2 Å². The molecule has 1 N–H and O–H groups in total. The van der Waals surface area contributed by atoms with Crippen LogP contribution in [0.1, 0.15) is 24.0 Å². The van der Waals surface area contributed by atoms with Gasteiger partial charge in [0.1, 0.15) is 0 Å². The van der Waals surface area contributed by atoms with Crippen LogP contribution in [0, 0.1) is 12.8 Å². The standard InChI is InChI=1S/C23H27N5O3S/c1-18-2-4-21(5-3-18)32(30,31)28-16-9-20(10-17-28)23(29)25-22-11-15-27(26-22)14-8-19-6-12-24-13-7-19/h2-7,11-13,15,20H,8-10,14,16-17H2,1H3,(H,25,26,29). The Morgan fingerprint density at radius 3 is 2.44 bits per heavy atom. The number of piperidine rings is 1. The third-order valence-electron chi connectivity index (χ3n) is 5.75. The Hall–Kier alpha value is -3.04. The van der Waals surface area contributed by atoms with Crippen molar-refractivity contribution in [3.8, 4) is 0 Å². The van der Waals surface area contributed by atoms with Gasteiger partial charge in [0.25, 0.3) is 0 Å². The zero-order valence-corrected chi connectivity index (χ0v) is 18.8. The van der Waals surface area contributed by atoms with E-state index < -0.39 is 10.0 Å². The van der Waals surface area contributed by atoms with E-state index in [0.717, 1.165) is 12.0 Å². The lowest BCUT2D eigenvalue weighted by Gasteiger charge is -2.30. The molecule has 4 rings (SSSR count). The Morgan fingerprint density at radius 2 is 1.75 bits per heavy atom. The number of carbonyl (C=O) groups is 1. The fourth-order valence-electron chi connectivity index (χ4n) is 3.79. The maximum atomic E-state index is 12.8. The quantitative estimate of drug-likeness (QED) is 0.593. The summed E-state index contributed by atoms with van der Waals surface area (Å²) in [6.45, 7) is 3.28. The number of hydrogen-bond donors (Lipinski definition) is 1. The summed E-state index contributed by atoms with van der Waals surface area (Å²) >= 11 is 0. The number of hydrogen-bond acceptors (Lipinski definition) is 5. The van der Waals surface area contributed by atoms with Crippen LogP contribution >= 0.6 is 0 Å². The lowest BCUT2D eigenvalue weighted by Crippen LogP contribution is -2.41. The molecule has 32 heavy (non-hydrogen) atoms. The molecule has 0 atom stereocenters. The van der Waals surface area contributed by atoms with Crippen molar-refractivity contribution in [1.29, 1.82) is 0 Å². The number of aromatic nitrogens is 3. The number of benzene rings is 1. The van der Waals surface area contributed by atoms with E-state index in [1.807, 2.05) is 25.3 Å². The molecule has 1 amide bonds. The first-order chi connectivity index (χ1) is 15.4. The molecule has 0 aliphatic carbocycles. The van der Waals surface area contributed by atoms with Crippen LogP contribution in [0.2, 0.25) is 0 Å². The minimum absolute atomic E-state index is 0.114. The zero-order chi connectivity index (χ0) is 22.6. The highest BCUT2D eigenvalue weighted by atomic mass is 32.2. The third kappa shape index (κ3) is 5.23. The number of rotatable bonds is 7. The molecule has 0 radical (unpaired) electrons. The summed E-state index contributed by atoms with van der Waals surface area (Å²) in [7, 11) is -3.53. The maximum Gasteiger partial charge on any atom is 0.243 e. The fourth-order valence-corrected chi connectivity index (χ4v) is 5.26. The molecule has 0 spiro atoms. The van der Waals surface area contributed by atoms with Crippen molar-refractivity contribution in [2.75, 3.05) is 18.4 Å². The highest BCUT2D eigenvalue weighted by Crippen LogP contribution is 2.25. The maximum absolute atomic E-state index is 12.8. The van der Waals surface area contributed by atoms with Crippen LogP contribution in [0.4, 0.5) is 5.82 Å². The van der Waals surface area contributed by atoms with Crippen LogP contribution in [0.25, 0.3) is 0 Å². The van der Waals surface area contributed by atoms with Gasteiger partial charge >= 0.3 is 0 Å². The van der Waals surface area contributed by atoms with Gasteiger partial charge in [0.15, 0.2) is 5.82 Å². The smallest absolute Gasteiger partial charge is 0.243 e. The molecule has 1 fully saturated rings. The second kappa shape index (κ2) is 9.62. The summed E-state index contributed by atoms with van der Waals surface area (Å²) in [4.78, 5) is 17.0. The van der Waals surface area contributed by atoms with Gasteiger partial charge < -0.3 is 5.32 Å². The molecule has 2 aromatic heterocycles. The van der Waals surface area contributed by atoms with Crippen LogP contribution in [-0.2, 0) is 27.8 Å². The van der Waals surface area contributed by atoms with Crippen molar-refractivity contribution in [2.45, 2.75) is 37.6 Å². The molecular weight excluding hydrogens is 426 g/mol. The molecule has 0 bridgehead atoms. The van der Waals surface area contributed by atoms with Gasteiger partial charge in [-0.15, -0.1) is 0 Å². The first kappa shape index (κ1) is 22.2. The van der Waals surface area contributed by atoms with E-state index in [1.54, 1.807) is 47.4 Å². The van der Waals surface area contributed by atoms with Gasteiger partial charge in [0.05, 0.1) is 4.90 Å². The first-order valence-electron chi connectivity index (χ1n) is 10.7. The molecule has 1 saturated heterocycles. The molecule has 3 heterocycles. The molecule has 3 aromatic rings. The molecule has 1 aliphatic heterocycles. The minimum atomic E-state index is -3.53. The molecule has 1 aromatic carbocycles. The van der Waals surface area contributed by atoms with Gasteiger partial charge in [-0.3, -0.25) is 14.5 Å². The number of pyridine rings is 1. The topological polar surface area (TPSA) is 97.2 Å². The molecule has 8 nitrogen and oxygen atoms in total. The average Bonchev–Trinajstić information content (AvgIpc) is 3.26. The number of anilines is 1. The first-order valence-corrected chi connectivity index (χ1v) is 12.2. The van der Waals surface area contributed by atoms with Crippen LogP contribution in [-0.4, -0.2) is 46.5 Å². The van der Waals surface area contributed by atoms with Crippen molar-refractivity contribution in [3.63, 3.8) is 0 Å². The minimum Gasteiger partial charge on any atom is -0.309 e. The summed E-state index contributed by atoms with van der Waals surface area (Å²) in [6, 6.07) is 12.6. The van der Waals surface area contributed by atoms with Crippen molar-refractivity contribution < 1.29 is 13.2 Å². The van der Waals surface area contributed by atoms with Crippen LogP contribution < -0.4 is 5.32 Å². The van der Waals surface area contributed by atoms with E-state index in [1.165, 1.54) is 9.87 Å². The number of aryl methyl sites for hydroxylation is 3. The van der Waals surface area contributed by atoms with E-state index in [9.17, 15) is 13.2 Å². The van der Waals surface area contributed by atoms with Gasteiger partial charge in [-0.25, -0.2) is 8.42 Å². The third-order valence-corrected chi connectivity index (χ3v) is 7.67.